The van der Waals surface area contributed by atoms with Gasteiger partial charge in [0.25, 0.3) is 5.91 Å². The van der Waals surface area contributed by atoms with E-state index in [0.29, 0.717) is 22.7 Å². The van der Waals surface area contributed by atoms with Crippen LogP contribution in [0.1, 0.15) is 22.1 Å². The maximum Gasteiger partial charge on any atom is 0.258 e. The molecular weight excluding hydrogens is 382 g/mol. The first kappa shape index (κ1) is 19.3. The first-order chi connectivity index (χ1) is 14.6. The van der Waals surface area contributed by atoms with E-state index in [2.05, 4.69) is 10.6 Å². The molecule has 0 aromatic heterocycles. The lowest BCUT2D eigenvalue weighted by Gasteiger charge is -2.37. The third kappa shape index (κ3) is 3.77. The number of nitrogens with zero attached hydrogens (tertiary/aromatic N) is 1. The number of methoxy groups -OCH3 is 1. The van der Waals surface area contributed by atoms with E-state index in [1.54, 1.807) is 37.4 Å². The predicted molar refractivity (Wildman–Crippen MR) is 114 cm³/mol. The van der Waals surface area contributed by atoms with Crippen LogP contribution in [0.25, 0.3) is 0 Å². The van der Waals surface area contributed by atoms with E-state index in [9.17, 15) is 14.7 Å². The Balaban J connectivity index is 1.63. The van der Waals surface area contributed by atoms with E-state index in [1.807, 2.05) is 36.4 Å². The molecule has 2 amide bonds. The number of hydrogen-bond donors (Lipinski definition) is 3. The number of benzene rings is 3. The van der Waals surface area contributed by atoms with E-state index < -0.39 is 12.1 Å². The highest BCUT2D eigenvalue weighted by atomic mass is 16.5. The lowest BCUT2D eigenvalue weighted by atomic mass is 10.0. The smallest absolute Gasteiger partial charge is 0.258 e. The zero-order valence-electron chi connectivity index (χ0n) is 16.3. The van der Waals surface area contributed by atoms with Crippen LogP contribution in [0.4, 0.5) is 11.4 Å². The molecule has 3 N–H and O–H groups in total. The molecule has 0 radical (unpaired) electrons. The van der Waals surface area contributed by atoms with Crippen LogP contribution in [0.2, 0.25) is 0 Å². The zero-order chi connectivity index (χ0) is 21.1. The lowest BCUT2D eigenvalue weighted by Crippen LogP contribution is -2.46. The number of phenols is 1. The average molecular weight is 403 g/mol. The summed E-state index contributed by atoms with van der Waals surface area (Å²) in [6, 6.07) is 21.0. The topological polar surface area (TPSA) is 90.9 Å². The minimum absolute atomic E-state index is 0.0361. The van der Waals surface area contributed by atoms with Crippen LogP contribution in [0.5, 0.6) is 11.5 Å². The van der Waals surface area contributed by atoms with Gasteiger partial charge in [0.1, 0.15) is 24.2 Å². The van der Waals surface area contributed by atoms with Crippen molar-refractivity contribution in [2.75, 3.05) is 24.3 Å². The molecule has 0 spiro atoms. The van der Waals surface area contributed by atoms with Crippen molar-refractivity contribution in [1.29, 1.82) is 0 Å². The zero-order valence-corrected chi connectivity index (χ0v) is 16.3. The summed E-state index contributed by atoms with van der Waals surface area (Å²) in [6.07, 6.45) is -0.534. The molecule has 7 heteroatoms. The second kappa shape index (κ2) is 8.16. The third-order valence-corrected chi connectivity index (χ3v) is 4.95. The highest BCUT2D eigenvalue weighted by Crippen LogP contribution is 2.33. The van der Waals surface area contributed by atoms with Gasteiger partial charge in [0.15, 0.2) is 0 Å². The third-order valence-electron chi connectivity index (χ3n) is 4.95. The van der Waals surface area contributed by atoms with Crippen molar-refractivity contribution in [2.45, 2.75) is 6.17 Å². The molecule has 7 nitrogen and oxygen atoms in total. The van der Waals surface area contributed by atoms with Crippen LogP contribution >= 0.6 is 0 Å². The summed E-state index contributed by atoms with van der Waals surface area (Å²) >= 11 is 0. The Kier molecular flexibility index (Phi) is 5.26. The second-order valence-electron chi connectivity index (χ2n) is 6.86. The molecule has 1 unspecified atom stereocenters. The maximum absolute atomic E-state index is 13.2. The first-order valence-corrected chi connectivity index (χ1v) is 9.45. The summed E-state index contributed by atoms with van der Waals surface area (Å²) in [5.41, 5.74) is 2.31. The molecule has 0 bridgehead atoms. The van der Waals surface area contributed by atoms with Gasteiger partial charge in [-0.15, -0.1) is 0 Å². The standard InChI is InChI=1S/C23H21N3O4/c1-30-16-12-10-15(11-13-16)22-25-18-7-3-2-6-17(18)23(29)26(22)14-21(28)24-19-8-4-5-9-20(19)27/h2-13,22,25,27H,14H2,1H3,(H,24,28). The van der Waals surface area contributed by atoms with Gasteiger partial charge in [-0.25, -0.2) is 0 Å². The fraction of sp³-hybridized carbons (Fsp3) is 0.130. The number of fused-ring (bicyclic) bond motifs is 1. The molecule has 1 heterocycles. The number of amides is 2. The normalized spacial score (nSPS) is 15.2. The van der Waals surface area contributed by atoms with Crippen LogP contribution in [0.15, 0.2) is 72.8 Å². The average Bonchev–Trinajstić information content (AvgIpc) is 2.77. The van der Waals surface area contributed by atoms with E-state index in [4.69, 9.17) is 4.74 Å². The number of rotatable bonds is 5. The highest BCUT2D eigenvalue weighted by Gasteiger charge is 2.34. The van der Waals surface area contributed by atoms with Gasteiger partial charge in [-0.2, -0.15) is 0 Å². The Morgan fingerprint density at radius 1 is 1.07 bits per heavy atom. The first-order valence-electron chi connectivity index (χ1n) is 9.45. The van der Waals surface area contributed by atoms with Crippen molar-refractivity contribution in [2.24, 2.45) is 0 Å². The monoisotopic (exact) mass is 403 g/mol. The number of phenolic OH excluding ortho intramolecular Hbond substituents is 1. The fourth-order valence-electron chi connectivity index (χ4n) is 3.43. The molecule has 0 aliphatic carbocycles. The largest absolute Gasteiger partial charge is 0.506 e. The molecule has 30 heavy (non-hydrogen) atoms. The van der Waals surface area contributed by atoms with Crippen LogP contribution in [-0.4, -0.2) is 35.5 Å². The summed E-state index contributed by atoms with van der Waals surface area (Å²) < 4.78 is 5.21. The maximum atomic E-state index is 13.2. The molecule has 0 saturated heterocycles. The van der Waals surface area contributed by atoms with Crippen molar-refractivity contribution >= 4 is 23.2 Å². The van der Waals surface area contributed by atoms with Crippen LogP contribution in [0.3, 0.4) is 0 Å². The van der Waals surface area contributed by atoms with Gasteiger partial charge in [0.2, 0.25) is 5.91 Å². The van der Waals surface area contributed by atoms with Gasteiger partial charge in [0.05, 0.1) is 18.4 Å². The Labute approximate surface area is 173 Å². The quantitative estimate of drug-likeness (QED) is 0.566. The van der Waals surface area contributed by atoms with Crippen molar-refractivity contribution in [3.8, 4) is 11.5 Å². The van der Waals surface area contributed by atoms with Crippen molar-refractivity contribution in [1.82, 2.24) is 4.90 Å². The van der Waals surface area contributed by atoms with Gasteiger partial charge >= 0.3 is 0 Å². The Morgan fingerprint density at radius 2 is 1.77 bits per heavy atom. The summed E-state index contributed by atoms with van der Waals surface area (Å²) in [5.74, 6) is -0.00160. The summed E-state index contributed by atoms with van der Waals surface area (Å²) in [5, 5.41) is 15.9. The number of anilines is 2. The molecule has 1 aliphatic heterocycles. The van der Waals surface area contributed by atoms with Gasteiger partial charge in [0, 0.05) is 5.69 Å². The second-order valence-corrected chi connectivity index (χ2v) is 6.86. The van der Waals surface area contributed by atoms with E-state index >= 15 is 0 Å². The molecule has 0 saturated carbocycles. The minimum Gasteiger partial charge on any atom is -0.506 e. The van der Waals surface area contributed by atoms with Crippen molar-refractivity contribution in [3.63, 3.8) is 0 Å². The number of carbonyl (C=O) groups is 2. The lowest BCUT2D eigenvalue weighted by molar-refractivity contribution is -0.117. The number of aromatic hydroxyl groups is 1. The van der Waals surface area contributed by atoms with E-state index in [1.165, 1.54) is 11.0 Å². The van der Waals surface area contributed by atoms with Gasteiger partial charge in [-0.3, -0.25) is 9.59 Å². The molecule has 1 atom stereocenters. The van der Waals surface area contributed by atoms with E-state index in [-0.39, 0.29) is 18.2 Å². The Hall–Kier alpha value is -4.00. The molecule has 3 aromatic carbocycles. The summed E-state index contributed by atoms with van der Waals surface area (Å²) in [7, 11) is 1.59. The minimum atomic E-state index is -0.534. The Morgan fingerprint density at radius 3 is 2.50 bits per heavy atom. The molecule has 0 fully saturated rings. The van der Waals surface area contributed by atoms with E-state index in [0.717, 1.165) is 5.56 Å². The SMILES string of the molecule is COc1ccc(C2Nc3ccccc3C(=O)N2CC(=O)Nc2ccccc2O)cc1. The van der Waals surface area contributed by atoms with Gasteiger partial charge in [-0.05, 0) is 42.0 Å². The van der Waals surface area contributed by atoms with Crippen molar-refractivity contribution < 1.29 is 19.4 Å². The molecule has 1 aliphatic rings. The van der Waals surface area contributed by atoms with Crippen LogP contribution in [0, 0.1) is 0 Å². The number of hydrogen-bond acceptors (Lipinski definition) is 5. The fourth-order valence-corrected chi connectivity index (χ4v) is 3.43. The predicted octanol–water partition coefficient (Wildman–Crippen LogP) is 3.61. The molecule has 3 aromatic rings. The summed E-state index contributed by atoms with van der Waals surface area (Å²) in [4.78, 5) is 27.4. The summed E-state index contributed by atoms with van der Waals surface area (Å²) in [6.45, 7) is -0.189. The molecule has 4 rings (SSSR count). The molecular formula is C23H21N3O4. The number of carbonyl (C=O) groups excluding carboxylic acids is 2. The Bertz CT molecular complexity index is 1080. The highest BCUT2D eigenvalue weighted by molar-refractivity contribution is 6.04. The van der Waals surface area contributed by atoms with Gasteiger partial charge < -0.3 is 25.4 Å². The van der Waals surface area contributed by atoms with Crippen LogP contribution < -0.4 is 15.4 Å². The number of para-hydroxylation sites is 3. The molecule has 152 valence electrons. The van der Waals surface area contributed by atoms with Crippen LogP contribution in [-0.2, 0) is 4.79 Å². The van der Waals surface area contributed by atoms with Crippen molar-refractivity contribution in [3.05, 3.63) is 83.9 Å². The van der Waals surface area contributed by atoms with Gasteiger partial charge in [-0.1, -0.05) is 36.4 Å². The number of ether oxygens (including phenoxy) is 1. The number of nitrogens with one attached hydrogen (secondary N) is 2.